The second kappa shape index (κ2) is 20.5. The predicted molar refractivity (Wildman–Crippen MR) is 268 cm³/mol. The molecule has 0 fully saturated rings. The van der Waals surface area contributed by atoms with Crippen molar-refractivity contribution in [2.75, 3.05) is 41.6 Å². The van der Waals surface area contributed by atoms with Gasteiger partial charge in [0.25, 0.3) is 30.1 Å². The summed E-state index contributed by atoms with van der Waals surface area (Å²) in [6.45, 7) is 2.73. The molecule has 0 aliphatic carbocycles. The van der Waals surface area contributed by atoms with Crippen LogP contribution in [0.5, 0.6) is 23.0 Å². The summed E-state index contributed by atoms with van der Waals surface area (Å²) in [7, 11) is -8.12. The van der Waals surface area contributed by atoms with Gasteiger partial charge in [-0.2, -0.15) is 0 Å². The number of benzene rings is 7. The van der Waals surface area contributed by atoms with Crippen LogP contribution >= 0.6 is 0 Å². The molecule has 3 heterocycles. The Labute approximate surface area is 399 Å². The molecular formula is C51H45N5O10S3. The molecule has 69 heavy (non-hydrogen) atoms. The first-order valence-electron chi connectivity index (χ1n) is 21.1. The summed E-state index contributed by atoms with van der Waals surface area (Å²) in [5.41, 5.74) is 2.49. The number of hydrogen-bond acceptors (Lipinski definition) is 12. The lowest BCUT2D eigenvalue weighted by atomic mass is 10.1. The number of fused-ring (bicyclic) bond motifs is 4. The Morgan fingerprint density at radius 3 is 1.48 bits per heavy atom. The molecule has 0 spiro atoms. The molecule has 0 saturated heterocycles. The molecular weight excluding hydrogens is 939 g/mol. The van der Waals surface area contributed by atoms with E-state index in [-0.39, 0.29) is 14.7 Å². The van der Waals surface area contributed by atoms with Crippen molar-refractivity contribution in [1.82, 2.24) is 9.97 Å². The van der Waals surface area contributed by atoms with Crippen LogP contribution in [0.1, 0.15) is 5.56 Å². The van der Waals surface area contributed by atoms with Gasteiger partial charge in [0.15, 0.2) is 23.0 Å². The van der Waals surface area contributed by atoms with Crippen molar-refractivity contribution in [3.05, 3.63) is 182 Å². The van der Waals surface area contributed by atoms with Crippen LogP contribution in [0, 0.1) is 6.92 Å². The van der Waals surface area contributed by atoms with E-state index in [1.54, 1.807) is 97.6 Å². The molecule has 18 heteroatoms. The van der Waals surface area contributed by atoms with Gasteiger partial charge in [0, 0.05) is 63.9 Å². The summed E-state index contributed by atoms with van der Waals surface area (Å²) in [6, 6.07) is 43.4. The minimum absolute atomic E-state index is 0.105. The summed E-state index contributed by atoms with van der Waals surface area (Å²) in [5.74, 6) is 1.82. The molecule has 9 aromatic rings. The zero-order valence-corrected chi connectivity index (χ0v) is 39.8. The van der Waals surface area contributed by atoms with Crippen molar-refractivity contribution in [2.45, 2.75) is 21.6 Å². The van der Waals surface area contributed by atoms with Crippen molar-refractivity contribution in [3.8, 4) is 23.0 Å². The Morgan fingerprint density at radius 1 is 0.449 bits per heavy atom. The van der Waals surface area contributed by atoms with Crippen molar-refractivity contribution in [2.24, 2.45) is 0 Å². The average Bonchev–Trinajstić information content (AvgIpc) is 3.36. The zero-order valence-electron chi connectivity index (χ0n) is 37.4. The van der Waals surface area contributed by atoms with Gasteiger partial charge >= 0.3 is 0 Å². The van der Waals surface area contributed by atoms with Crippen LogP contribution in [0.3, 0.4) is 0 Å². The summed E-state index contributed by atoms with van der Waals surface area (Å²) >= 11 is 0. The standard InChI is InChI=1S/C18H17NO4S.C17H14N2O4S.C16H14N2O2S/c1-22-17-11-10-14(12-18(17)23-2)24(20,21)19-16-9-5-7-13-6-3-4-8-15(13)16;20-24(21,13-4-5-16-17(10-13)23-9-8-22-16)19-15-3-1-2-12-11-18-7-6-14(12)15;1-12-4-2-6-14(10-12)21(19,20)18-16-7-3-5-13-11-17-9-8-15(13)16/h3-12,19H,1-2H3;1-7,10-11,19H,8-9H2;2-11,18H,1H3. The minimum atomic E-state index is -3.75. The third-order valence-corrected chi connectivity index (χ3v) is 14.8. The number of sulfonamides is 3. The van der Waals surface area contributed by atoms with Crippen molar-refractivity contribution >= 4 is 79.4 Å². The normalized spacial score (nSPS) is 12.2. The van der Waals surface area contributed by atoms with Gasteiger partial charge < -0.3 is 18.9 Å². The summed E-state index contributed by atoms with van der Waals surface area (Å²) in [4.78, 5) is 8.58. The fraction of sp³-hybridized carbons (Fsp3) is 0.0980. The molecule has 0 amide bonds. The van der Waals surface area contributed by atoms with Gasteiger partial charge in [0.05, 0.1) is 46.0 Å². The zero-order chi connectivity index (χ0) is 48.6. The first kappa shape index (κ1) is 47.6. The summed E-state index contributed by atoms with van der Waals surface area (Å²) in [5, 5.41) is 5.16. The van der Waals surface area contributed by atoms with Crippen molar-refractivity contribution in [1.29, 1.82) is 0 Å². The highest BCUT2D eigenvalue weighted by Gasteiger charge is 2.21. The number of pyridine rings is 2. The molecule has 1 aliphatic heterocycles. The van der Waals surface area contributed by atoms with Gasteiger partial charge in [-0.3, -0.25) is 24.1 Å². The molecule has 2 aromatic heterocycles. The van der Waals surface area contributed by atoms with Crippen LogP contribution in [0.25, 0.3) is 32.3 Å². The maximum absolute atomic E-state index is 12.7. The van der Waals surface area contributed by atoms with E-state index in [2.05, 4.69) is 24.1 Å². The van der Waals surface area contributed by atoms with E-state index in [1.165, 1.54) is 38.5 Å². The third kappa shape index (κ3) is 11.1. The molecule has 0 atom stereocenters. The molecule has 3 N–H and O–H groups in total. The van der Waals surface area contributed by atoms with Gasteiger partial charge in [-0.15, -0.1) is 0 Å². The first-order valence-corrected chi connectivity index (χ1v) is 25.6. The molecule has 10 rings (SSSR count). The first-order chi connectivity index (χ1) is 33.2. The van der Waals surface area contributed by atoms with Crippen LogP contribution in [0.2, 0.25) is 0 Å². The van der Waals surface area contributed by atoms with Gasteiger partial charge in [0.1, 0.15) is 13.2 Å². The van der Waals surface area contributed by atoms with E-state index in [0.717, 1.165) is 37.9 Å². The Kier molecular flexibility index (Phi) is 14.1. The highest BCUT2D eigenvalue weighted by atomic mass is 32.2. The average molecular weight is 984 g/mol. The molecule has 352 valence electrons. The van der Waals surface area contributed by atoms with E-state index in [9.17, 15) is 25.3 Å². The van der Waals surface area contributed by atoms with Crippen molar-refractivity contribution < 1.29 is 44.2 Å². The minimum Gasteiger partial charge on any atom is -0.493 e. The lowest BCUT2D eigenvalue weighted by molar-refractivity contribution is 0.171. The number of nitrogens with one attached hydrogen (secondary N) is 3. The Bertz CT molecular complexity index is 3510. The monoisotopic (exact) mass is 983 g/mol. The van der Waals surface area contributed by atoms with Crippen LogP contribution < -0.4 is 33.1 Å². The molecule has 0 unspecified atom stereocenters. The summed E-state index contributed by atoms with van der Waals surface area (Å²) in [6.07, 6.45) is 6.67. The fourth-order valence-corrected chi connectivity index (χ4v) is 10.7. The lowest BCUT2D eigenvalue weighted by Crippen LogP contribution is -2.17. The van der Waals surface area contributed by atoms with Crippen LogP contribution in [0.15, 0.2) is 191 Å². The van der Waals surface area contributed by atoms with E-state index >= 15 is 0 Å². The molecule has 0 bridgehead atoms. The van der Waals surface area contributed by atoms with Gasteiger partial charge in [0.2, 0.25) is 0 Å². The van der Waals surface area contributed by atoms with E-state index < -0.39 is 30.1 Å². The second-order valence-electron chi connectivity index (χ2n) is 15.3. The Morgan fingerprint density at radius 2 is 0.913 bits per heavy atom. The largest absolute Gasteiger partial charge is 0.493 e. The number of rotatable bonds is 11. The van der Waals surface area contributed by atoms with E-state index in [0.29, 0.717) is 53.3 Å². The highest BCUT2D eigenvalue weighted by molar-refractivity contribution is 7.93. The number of hydrogen-bond donors (Lipinski definition) is 3. The Hall–Kier alpha value is -7.93. The Balaban J connectivity index is 0.000000140. The summed E-state index contributed by atoms with van der Waals surface area (Å²) < 4.78 is 105. The quantitative estimate of drug-likeness (QED) is 0.111. The molecule has 1 aliphatic rings. The maximum atomic E-state index is 12.7. The van der Waals surface area contributed by atoms with E-state index in [1.807, 2.05) is 61.5 Å². The smallest absolute Gasteiger partial charge is 0.262 e. The van der Waals surface area contributed by atoms with Crippen LogP contribution in [-0.2, 0) is 30.1 Å². The number of aromatic nitrogens is 2. The molecule has 7 aromatic carbocycles. The SMILES string of the molecule is COc1ccc(S(=O)(=O)Nc2cccc3ccccc23)cc1OC.Cc1cccc(S(=O)(=O)Nc2cccc3cnccc23)c1.O=S(=O)(Nc1cccc2cnccc12)c1ccc2c(c1)OCCO2. The van der Waals surface area contributed by atoms with Crippen LogP contribution in [-0.4, -0.2) is 62.7 Å². The number of aryl methyl sites for hydroxylation is 1. The van der Waals surface area contributed by atoms with Gasteiger partial charge in [-0.25, -0.2) is 25.3 Å². The number of anilines is 3. The lowest BCUT2D eigenvalue weighted by Gasteiger charge is -2.19. The van der Waals surface area contributed by atoms with E-state index in [4.69, 9.17) is 18.9 Å². The second-order valence-corrected chi connectivity index (χ2v) is 20.3. The highest BCUT2D eigenvalue weighted by Crippen LogP contribution is 2.35. The third-order valence-electron chi connectivity index (χ3n) is 10.7. The molecule has 0 radical (unpaired) electrons. The van der Waals surface area contributed by atoms with Crippen LogP contribution in [0.4, 0.5) is 17.1 Å². The van der Waals surface area contributed by atoms with Crippen molar-refractivity contribution in [3.63, 3.8) is 0 Å². The van der Waals surface area contributed by atoms with Gasteiger partial charge in [-0.1, -0.05) is 72.8 Å². The topological polar surface area (TPSA) is 201 Å². The maximum Gasteiger partial charge on any atom is 0.262 e. The predicted octanol–water partition coefficient (Wildman–Crippen LogP) is 9.81. The number of nitrogens with zero attached hydrogens (tertiary/aromatic N) is 2. The number of ether oxygens (including phenoxy) is 4. The molecule has 15 nitrogen and oxygen atoms in total. The fourth-order valence-electron chi connectivity index (χ4n) is 7.31. The molecule has 0 saturated carbocycles. The van der Waals surface area contributed by atoms with Gasteiger partial charge in [-0.05, 0) is 84.6 Å². The number of methoxy groups -OCH3 is 2.